The Kier molecular flexibility index (Phi) is 4.28. The molecule has 1 N–H and O–H groups in total. The van der Waals surface area contributed by atoms with Crippen molar-refractivity contribution >= 4 is 0 Å². The molecule has 25 heavy (non-hydrogen) atoms. The summed E-state index contributed by atoms with van der Waals surface area (Å²) in [5.41, 5.74) is 3.47. The smallest absolute Gasteiger partial charge is 0.137 e. The van der Waals surface area contributed by atoms with Gasteiger partial charge in [0.15, 0.2) is 0 Å². The highest BCUT2D eigenvalue weighted by Gasteiger charge is 2.24. The summed E-state index contributed by atoms with van der Waals surface area (Å²) < 4.78 is 7.45. The number of nitrogens with zero attached hydrogens (tertiary/aromatic N) is 4. The quantitative estimate of drug-likeness (QED) is 0.778. The zero-order chi connectivity index (χ0) is 17.2. The number of methoxy groups -OCH3 is 1. The summed E-state index contributed by atoms with van der Waals surface area (Å²) in [6.45, 7) is 5.16. The molecule has 1 aliphatic heterocycles. The van der Waals surface area contributed by atoms with Crippen molar-refractivity contribution in [1.82, 2.24) is 24.4 Å². The highest BCUT2D eigenvalue weighted by molar-refractivity contribution is 5.58. The first-order valence-electron chi connectivity index (χ1n) is 8.65. The molecule has 0 spiro atoms. The minimum Gasteiger partial charge on any atom is -0.497 e. The largest absolute Gasteiger partial charge is 0.497 e. The molecule has 4 rings (SSSR count). The van der Waals surface area contributed by atoms with Gasteiger partial charge in [0, 0.05) is 50.1 Å². The van der Waals surface area contributed by atoms with Gasteiger partial charge in [-0.25, -0.2) is 9.97 Å². The average molecular weight is 337 g/mol. The first-order valence-corrected chi connectivity index (χ1v) is 8.65. The summed E-state index contributed by atoms with van der Waals surface area (Å²) in [6, 6.07) is 8.47. The highest BCUT2D eigenvalue weighted by Crippen LogP contribution is 2.26. The summed E-state index contributed by atoms with van der Waals surface area (Å²) in [6.07, 6.45) is 6.70. The minimum absolute atomic E-state index is 0.450. The molecule has 6 nitrogen and oxygen atoms in total. The van der Waals surface area contributed by atoms with Crippen LogP contribution in [-0.4, -0.2) is 44.1 Å². The number of H-pyrrole nitrogens is 1. The van der Waals surface area contributed by atoms with Gasteiger partial charge in [0.25, 0.3) is 0 Å². The van der Waals surface area contributed by atoms with E-state index in [0.29, 0.717) is 6.04 Å². The van der Waals surface area contributed by atoms with Gasteiger partial charge in [-0.05, 0) is 19.1 Å². The zero-order valence-corrected chi connectivity index (χ0v) is 14.6. The molecule has 1 aliphatic rings. The molecule has 0 fully saturated rings. The Morgan fingerprint density at radius 2 is 2.28 bits per heavy atom. The van der Waals surface area contributed by atoms with Crippen LogP contribution in [0.15, 0.2) is 43.0 Å². The fraction of sp³-hybridized carbons (Fsp3) is 0.368. The van der Waals surface area contributed by atoms with Crippen molar-refractivity contribution in [3.8, 4) is 17.1 Å². The fourth-order valence-electron chi connectivity index (χ4n) is 3.41. The molecular weight excluding hydrogens is 314 g/mol. The second kappa shape index (κ2) is 6.72. The van der Waals surface area contributed by atoms with Crippen LogP contribution >= 0.6 is 0 Å². The van der Waals surface area contributed by atoms with Crippen molar-refractivity contribution in [2.45, 2.75) is 32.5 Å². The van der Waals surface area contributed by atoms with E-state index in [1.165, 1.54) is 11.4 Å². The first kappa shape index (κ1) is 15.9. The van der Waals surface area contributed by atoms with Crippen LogP contribution in [0.4, 0.5) is 0 Å². The molecule has 0 saturated heterocycles. The lowest BCUT2D eigenvalue weighted by atomic mass is 10.1. The van der Waals surface area contributed by atoms with E-state index in [9.17, 15) is 0 Å². The third-order valence-corrected chi connectivity index (χ3v) is 4.86. The molecule has 0 saturated carbocycles. The number of hydrogen-bond acceptors (Lipinski definition) is 4. The van der Waals surface area contributed by atoms with Crippen molar-refractivity contribution < 1.29 is 4.74 Å². The summed E-state index contributed by atoms with van der Waals surface area (Å²) >= 11 is 0. The molecule has 2 aromatic heterocycles. The minimum atomic E-state index is 0.450. The number of rotatable bonds is 5. The lowest BCUT2D eigenvalue weighted by Crippen LogP contribution is -2.39. The van der Waals surface area contributed by atoms with E-state index >= 15 is 0 Å². The molecule has 130 valence electrons. The van der Waals surface area contributed by atoms with Crippen LogP contribution < -0.4 is 4.74 Å². The molecular formula is C19H23N5O. The van der Waals surface area contributed by atoms with Crippen LogP contribution in [0, 0.1) is 0 Å². The molecule has 0 aliphatic carbocycles. The maximum Gasteiger partial charge on any atom is 0.137 e. The predicted molar refractivity (Wildman–Crippen MR) is 96.4 cm³/mol. The van der Waals surface area contributed by atoms with Crippen LogP contribution in [0.3, 0.4) is 0 Å². The number of benzene rings is 1. The van der Waals surface area contributed by atoms with Gasteiger partial charge in [-0.1, -0.05) is 12.1 Å². The van der Waals surface area contributed by atoms with E-state index in [4.69, 9.17) is 9.72 Å². The number of aromatic amines is 1. The van der Waals surface area contributed by atoms with Gasteiger partial charge in [0.1, 0.15) is 11.6 Å². The van der Waals surface area contributed by atoms with Crippen molar-refractivity contribution in [3.05, 3.63) is 54.4 Å². The zero-order valence-electron chi connectivity index (χ0n) is 14.6. The van der Waals surface area contributed by atoms with Crippen LogP contribution in [0.25, 0.3) is 11.4 Å². The number of nitrogens with one attached hydrogen (secondary N) is 1. The van der Waals surface area contributed by atoms with Crippen molar-refractivity contribution in [2.24, 2.45) is 0 Å². The summed E-state index contributed by atoms with van der Waals surface area (Å²) in [4.78, 5) is 15.0. The number of aromatic nitrogens is 4. The first-order chi connectivity index (χ1) is 12.2. The molecule has 0 radical (unpaired) electrons. The molecule has 6 heteroatoms. The van der Waals surface area contributed by atoms with Gasteiger partial charge in [0.05, 0.1) is 24.8 Å². The van der Waals surface area contributed by atoms with Crippen molar-refractivity contribution in [2.75, 3.05) is 13.7 Å². The molecule has 0 unspecified atom stereocenters. The van der Waals surface area contributed by atoms with Gasteiger partial charge in [-0.3, -0.25) is 4.90 Å². The number of imidazole rings is 2. The molecule has 3 aromatic rings. The maximum atomic E-state index is 5.32. The maximum absolute atomic E-state index is 5.32. The summed E-state index contributed by atoms with van der Waals surface area (Å²) in [5, 5.41) is 0. The van der Waals surface area contributed by atoms with Crippen molar-refractivity contribution in [1.29, 1.82) is 0 Å². The van der Waals surface area contributed by atoms with E-state index in [0.717, 1.165) is 43.2 Å². The summed E-state index contributed by atoms with van der Waals surface area (Å²) in [7, 11) is 1.69. The van der Waals surface area contributed by atoms with Crippen LogP contribution in [0.5, 0.6) is 5.75 Å². The Hall–Kier alpha value is -2.60. The second-order valence-electron chi connectivity index (χ2n) is 6.57. The SMILES string of the molecule is COc1cccc(-c2nc3c([nH]2)CN([C@@H](C)Cn2ccnc2)CC3)c1. The van der Waals surface area contributed by atoms with Gasteiger partial charge >= 0.3 is 0 Å². The molecule has 0 amide bonds. The van der Waals surface area contributed by atoms with Gasteiger partial charge in [0.2, 0.25) is 0 Å². The Morgan fingerprint density at radius 1 is 1.36 bits per heavy atom. The molecule has 1 aromatic carbocycles. The van der Waals surface area contributed by atoms with Crippen LogP contribution in [0.2, 0.25) is 0 Å². The number of fused-ring (bicyclic) bond motifs is 1. The topological polar surface area (TPSA) is 59.0 Å². The van der Waals surface area contributed by atoms with E-state index < -0.39 is 0 Å². The average Bonchev–Trinajstić information content (AvgIpc) is 3.30. The monoisotopic (exact) mass is 337 g/mol. The standard InChI is InChI=1S/C19H23N5O/c1-14(11-23-9-7-20-13-23)24-8-6-17-18(12-24)22-19(21-17)15-4-3-5-16(10-15)25-2/h3-5,7,9-10,13-14H,6,8,11-12H2,1-2H3,(H,21,22)/t14-/m0/s1. The highest BCUT2D eigenvalue weighted by atomic mass is 16.5. The van der Waals surface area contributed by atoms with E-state index in [1.54, 1.807) is 7.11 Å². The second-order valence-corrected chi connectivity index (χ2v) is 6.57. The number of ether oxygens (including phenoxy) is 1. The molecule has 3 heterocycles. The van der Waals surface area contributed by atoms with Crippen molar-refractivity contribution in [3.63, 3.8) is 0 Å². The van der Waals surface area contributed by atoms with Gasteiger partial charge in [-0.15, -0.1) is 0 Å². The van der Waals surface area contributed by atoms with E-state index in [2.05, 4.69) is 32.4 Å². The Morgan fingerprint density at radius 3 is 3.08 bits per heavy atom. The van der Waals surface area contributed by atoms with Gasteiger partial charge < -0.3 is 14.3 Å². The van der Waals surface area contributed by atoms with E-state index in [-0.39, 0.29) is 0 Å². The van der Waals surface area contributed by atoms with Gasteiger partial charge in [-0.2, -0.15) is 0 Å². The Bertz CT molecular complexity index is 839. The Labute approximate surface area is 147 Å². The fourth-order valence-corrected chi connectivity index (χ4v) is 3.41. The molecule has 0 bridgehead atoms. The van der Waals surface area contributed by atoms with Crippen LogP contribution in [0.1, 0.15) is 18.3 Å². The third kappa shape index (κ3) is 3.30. The normalized spacial score (nSPS) is 15.8. The predicted octanol–water partition coefficient (Wildman–Crippen LogP) is 2.73. The Balaban J connectivity index is 1.50. The summed E-state index contributed by atoms with van der Waals surface area (Å²) in [5.74, 6) is 1.77. The van der Waals surface area contributed by atoms with E-state index in [1.807, 2.05) is 36.9 Å². The lowest BCUT2D eigenvalue weighted by molar-refractivity contribution is 0.171. The van der Waals surface area contributed by atoms with Crippen LogP contribution in [-0.2, 0) is 19.5 Å². The number of hydrogen-bond donors (Lipinski definition) is 1. The molecule has 1 atom stereocenters. The lowest BCUT2D eigenvalue weighted by Gasteiger charge is -2.31. The third-order valence-electron chi connectivity index (χ3n) is 4.86.